The topological polar surface area (TPSA) is 132 Å². The molecule has 2 atom stereocenters. The van der Waals surface area contributed by atoms with Crippen LogP contribution in [0.4, 0.5) is 8.78 Å². The second-order valence-electron chi connectivity index (χ2n) is 9.61. The third-order valence-corrected chi connectivity index (χ3v) is 7.17. The van der Waals surface area contributed by atoms with Crippen LogP contribution < -0.4 is 11.1 Å². The molecule has 5 rings (SSSR count). The van der Waals surface area contributed by atoms with Crippen molar-refractivity contribution < 1.29 is 32.3 Å². The number of Topliss-reactive ketones (excluding diaryl/α,β-unsaturated/α-hetero) is 1. The van der Waals surface area contributed by atoms with Gasteiger partial charge in [-0.3, -0.25) is 14.5 Å². The van der Waals surface area contributed by atoms with Crippen LogP contribution >= 0.6 is 0 Å². The number of furan rings is 2. The minimum Gasteiger partial charge on any atom is -0.457 e. The second kappa shape index (κ2) is 10.1. The van der Waals surface area contributed by atoms with E-state index in [0.717, 1.165) is 18.9 Å². The number of ketones is 1. The summed E-state index contributed by atoms with van der Waals surface area (Å²) in [5, 5.41) is 12.7. The van der Waals surface area contributed by atoms with Crippen LogP contribution in [0.2, 0.25) is 0 Å². The predicted molar refractivity (Wildman–Crippen MR) is 126 cm³/mol. The minimum absolute atomic E-state index is 0.0560. The maximum Gasteiger partial charge on any atom is 0.284 e. The van der Waals surface area contributed by atoms with E-state index in [9.17, 15) is 23.5 Å². The molecule has 1 aliphatic carbocycles. The number of aliphatic hydroxyl groups excluding tert-OH is 1. The van der Waals surface area contributed by atoms with Gasteiger partial charge in [-0.2, -0.15) is 0 Å². The average Bonchev–Trinajstić information content (AvgIpc) is 3.29. The number of primary amides is 1. The van der Waals surface area contributed by atoms with Crippen LogP contribution in [-0.4, -0.2) is 53.0 Å². The third kappa shape index (κ3) is 4.93. The van der Waals surface area contributed by atoms with E-state index in [1.807, 2.05) is 0 Å². The predicted octanol–water partition coefficient (Wildman–Crippen LogP) is 3.30. The normalized spacial score (nSPS) is 20.3. The van der Waals surface area contributed by atoms with Crippen molar-refractivity contribution in [1.29, 1.82) is 0 Å². The van der Waals surface area contributed by atoms with Gasteiger partial charge in [0.15, 0.2) is 22.9 Å². The van der Waals surface area contributed by atoms with E-state index in [-0.39, 0.29) is 52.9 Å². The highest BCUT2D eigenvalue weighted by molar-refractivity contribution is 6.01. The number of nitrogens with one attached hydrogen (secondary N) is 1. The van der Waals surface area contributed by atoms with Gasteiger partial charge in [0.2, 0.25) is 5.78 Å². The van der Waals surface area contributed by atoms with E-state index in [2.05, 4.69) is 10.2 Å². The number of benzene rings is 1. The van der Waals surface area contributed by atoms with Gasteiger partial charge in [-0.05, 0) is 37.5 Å². The molecule has 36 heavy (non-hydrogen) atoms. The van der Waals surface area contributed by atoms with Gasteiger partial charge >= 0.3 is 0 Å². The molecule has 2 fully saturated rings. The number of amides is 1. The lowest BCUT2D eigenvalue weighted by Gasteiger charge is -2.33. The summed E-state index contributed by atoms with van der Waals surface area (Å²) in [6.07, 6.45) is 5.88. The number of carbonyl (C=O) groups excluding carboxylic acids is 2. The molecular formula is C26H29F2N3O5. The van der Waals surface area contributed by atoms with Gasteiger partial charge in [0.05, 0.1) is 19.2 Å². The molecule has 1 saturated carbocycles. The first-order valence-electron chi connectivity index (χ1n) is 12.3. The molecule has 4 N–H and O–H groups in total. The number of hydrogen-bond acceptors (Lipinski definition) is 7. The van der Waals surface area contributed by atoms with Crippen molar-refractivity contribution in [3.8, 4) is 0 Å². The molecule has 2 unspecified atom stereocenters. The number of nitrogens with two attached hydrogens (primary N) is 1. The summed E-state index contributed by atoms with van der Waals surface area (Å²) in [4.78, 5) is 27.1. The van der Waals surface area contributed by atoms with Crippen LogP contribution in [0.15, 0.2) is 33.1 Å². The molecule has 0 bridgehead atoms. The Kier molecular flexibility index (Phi) is 6.92. The maximum absolute atomic E-state index is 14.2. The van der Waals surface area contributed by atoms with Crippen molar-refractivity contribution in [2.75, 3.05) is 13.2 Å². The highest BCUT2D eigenvalue weighted by Gasteiger charge is 2.44. The van der Waals surface area contributed by atoms with Crippen LogP contribution in [0.5, 0.6) is 0 Å². The lowest BCUT2D eigenvalue weighted by Crippen LogP contribution is -2.38. The van der Waals surface area contributed by atoms with E-state index in [1.54, 1.807) is 12.1 Å². The minimum atomic E-state index is -0.929. The van der Waals surface area contributed by atoms with Gasteiger partial charge in [0.25, 0.3) is 5.91 Å². The fourth-order valence-electron chi connectivity index (χ4n) is 5.32. The van der Waals surface area contributed by atoms with Crippen molar-refractivity contribution >= 4 is 22.7 Å². The molecular weight excluding hydrogens is 472 g/mol. The van der Waals surface area contributed by atoms with E-state index in [1.165, 1.54) is 19.3 Å². The molecule has 3 aromatic rings. The summed E-state index contributed by atoms with van der Waals surface area (Å²) >= 11 is 0. The lowest BCUT2D eigenvalue weighted by atomic mass is 9.94. The zero-order chi connectivity index (χ0) is 25.4. The van der Waals surface area contributed by atoms with Crippen molar-refractivity contribution in [1.82, 2.24) is 10.2 Å². The SMILES string of the molecule is NC(=O)c1oc2c(F)cc(F)cc2c1CC1NC1C(=O)c1ccc(CN(CCO)C2CCCCC2)o1. The molecule has 8 nitrogen and oxygen atoms in total. The maximum atomic E-state index is 14.2. The molecule has 1 amide bonds. The van der Waals surface area contributed by atoms with Crippen LogP contribution in [-0.2, 0) is 13.0 Å². The Morgan fingerprint density at radius 2 is 1.92 bits per heavy atom. The summed E-state index contributed by atoms with van der Waals surface area (Å²) in [5.74, 6) is -2.27. The molecule has 3 heterocycles. The Hall–Kier alpha value is -3.08. The number of aliphatic hydroxyl groups is 1. The molecule has 0 radical (unpaired) electrons. The van der Waals surface area contributed by atoms with E-state index < -0.39 is 23.6 Å². The van der Waals surface area contributed by atoms with Gasteiger partial charge in [-0.1, -0.05) is 19.3 Å². The molecule has 2 aliphatic rings. The number of fused-ring (bicyclic) bond motifs is 1. The second-order valence-corrected chi connectivity index (χ2v) is 9.61. The largest absolute Gasteiger partial charge is 0.457 e. The number of hydrogen-bond donors (Lipinski definition) is 3. The van der Waals surface area contributed by atoms with Crippen LogP contribution in [0, 0.1) is 11.6 Å². The first kappa shape index (κ1) is 24.6. The molecule has 1 aromatic carbocycles. The van der Waals surface area contributed by atoms with Crippen molar-refractivity contribution in [3.05, 3.63) is 58.7 Å². The summed E-state index contributed by atoms with van der Waals surface area (Å²) in [6.45, 7) is 1.11. The van der Waals surface area contributed by atoms with Crippen LogP contribution in [0.1, 0.15) is 64.5 Å². The van der Waals surface area contributed by atoms with Gasteiger partial charge in [-0.25, -0.2) is 8.78 Å². The Balaban J connectivity index is 1.27. The Morgan fingerprint density at radius 3 is 2.64 bits per heavy atom. The molecule has 192 valence electrons. The number of rotatable bonds is 10. The highest BCUT2D eigenvalue weighted by Crippen LogP contribution is 2.33. The highest BCUT2D eigenvalue weighted by atomic mass is 19.1. The van der Waals surface area contributed by atoms with E-state index in [4.69, 9.17) is 14.6 Å². The van der Waals surface area contributed by atoms with E-state index >= 15 is 0 Å². The standard InChI is InChI=1S/C26H29F2N3O5/c27-14-10-17-18(25(26(29)34)36-24(17)19(28)11-14)12-20-22(30-20)23(33)21-7-6-16(35-21)13-31(8-9-32)15-4-2-1-3-5-15/h6-7,10-11,15,20,22,30,32H,1-5,8-9,12-13H2,(H2,29,34). The van der Waals surface area contributed by atoms with Gasteiger partial charge < -0.3 is 25.0 Å². The van der Waals surface area contributed by atoms with Crippen LogP contribution in [0.25, 0.3) is 11.0 Å². The summed E-state index contributed by atoms with van der Waals surface area (Å²) in [7, 11) is 0. The number of nitrogens with zero attached hydrogens (tertiary/aromatic N) is 1. The quantitative estimate of drug-likeness (QED) is 0.287. The molecule has 1 aliphatic heterocycles. The lowest BCUT2D eigenvalue weighted by molar-refractivity contribution is 0.0941. The number of halogens is 2. The van der Waals surface area contributed by atoms with Gasteiger partial charge in [0.1, 0.15) is 11.6 Å². The summed E-state index contributed by atoms with van der Waals surface area (Å²) in [6, 6.07) is 4.63. The fraction of sp³-hybridized carbons (Fsp3) is 0.462. The first-order valence-corrected chi connectivity index (χ1v) is 12.3. The van der Waals surface area contributed by atoms with Crippen molar-refractivity contribution in [2.45, 2.75) is 63.2 Å². The monoisotopic (exact) mass is 501 g/mol. The Morgan fingerprint density at radius 1 is 1.14 bits per heavy atom. The van der Waals surface area contributed by atoms with Gasteiger partial charge in [-0.15, -0.1) is 0 Å². The molecule has 10 heteroatoms. The molecule has 1 saturated heterocycles. The summed E-state index contributed by atoms with van der Waals surface area (Å²) < 4.78 is 39.1. The zero-order valence-electron chi connectivity index (χ0n) is 19.8. The Labute approximate surface area is 206 Å². The average molecular weight is 502 g/mol. The zero-order valence-corrected chi connectivity index (χ0v) is 19.8. The molecule has 2 aromatic heterocycles. The fourth-order valence-corrected chi connectivity index (χ4v) is 5.32. The smallest absolute Gasteiger partial charge is 0.284 e. The van der Waals surface area contributed by atoms with E-state index in [0.29, 0.717) is 31.0 Å². The van der Waals surface area contributed by atoms with Crippen molar-refractivity contribution in [2.24, 2.45) is 5.73 Å². The Bertz CT molecular complexity index is 1280. The van der Waals surface area contributed by atoms with Crippen molar-refractivity contribution in [3.63, 3.8) is 0 Å². The number of carbonyl (C=O) groups is 2. The summed E-state index contributed by atoms with van der Waals surface area (Å²) in [5.41, 5.74) is 5.41. The molecule has 0 spiro atoms. The van der Waals surface area contributed by atoms with Gasteiger partial charge in [0, 0.05) is 35.6 Å². The van der Waals surface area contributed by atoms with Crippen LogP contribution in [0.3, 0.4) is 0 Å². The first-order chi connectivity index (χ1) is 17.4. The third-order valence-electron chi connectivity index (χ3n) is 7.17.